The van der Waals surface area contributed by atoms with Crippen LogP contribution in [0.4, 0.5) is 13.2 Å². The second-order valence-electron chi connectivity index (χ2n) is 2.61. The molecule has 2 nitrogen and oxygen atoms in total. The Morgan fingerprint density at radius 3 is 2.67 bits per heavy atom. The van der Waals surface area contributed by atoms with Gasteiger partial charge in [-0.1, -0.05) is 6.92 Å². The minimum Gasteiger partial charge on any atom is -0.282 e. The highest BCUT2D eigenvalue weighted by Gasteiger charge is 2.32. The van der Waals surface area contributed by atoms with Gasteiger partial charge in [0.15, 0.2) is 0 Å². The Balaban J connectivity index is 2.34. The van der Waals surface area contributed by atoms with Crippen molar-refractivity contribution in [3.05, 3.63) is 6.54 Å². The second-order valence-corrected chi connectivity index (χ2v) is 2.61. The van der Waals surface area contributed by atoms with Gasteiger partial charge in [0.1, 0.15) is 6.54 Å². The number of rotatable bonds is 2. The van der Waals surface area contributed by atoms with Gasteiger partial charge in [0, 0.05) is 5.92 Å². The molecule has 0 N–H and O–H groups in total. The predicted molar refractivity (Wildman–Crippen MR) is 38.3 cm³/mol. The lowest BCUT2D eigenvalue weighted by atomic mass is 10.1. The van der Waals surface area contributed by atoms with Crippen molar-refractivity contribution in [1.29, 1.82) is 0 Å². The fourth-order valence-corrected chi connectivity index (χ4v) is 0.891. The Bertz CT molecular complexity index is 176. The lowest BCUT2D eigenvalue weighted by molar-refractivity contribution is -0.142. The average molecular weight is 178 g/mol. The van der Waals surface area contributed by atoms with E-state index in [-0.39, 0.29) is 5.92 Å². The standard InChI is InChI=1S/C7H9F3N2/c1-2-6-3-11-12(4-6)5-7(8,9)10/h4,6H,2,5H2,1H3. The number of halogens is 3. The Morgan fingerprint density at radius 1 is 1.58 bits per heavy atom. The molecule has 0 aromatic heterocycles. The smallest absolute Gasteiger partial charge is 0.282 e. The molecule has 0 bridgehead atoms. The number of alkyl halides is 3. The van der Waals surface area contributed by atoms with Crippen LogP contribution < -0.4 is 0 Å². The Hall–Kier alpha value is -0.740. The third-order valence-electron chi connectivity index (χ3n) is 1.49. The second kappa shape index (κ2) is 3.33. The zero-order valence-corrected chi connectivity index (χ0v) is 6.60. The average Bonchev–Trinajstić information content (AvgIpc) is 2.32. The molecule has 0 aliphatic carbocycles. The first-order valence-electron chi connectivity index (χ1n) is 3.66. The molecule has 0 saturated carbocycles. The summed E-state index contributed by atoms with van der Waals surface area (Å²) in [5, 5.41) is 4.36. The Morgan fingerprint density at radius 2 is 2.25 bits per heavy atom. The van der Waals surface area contributed by atoms with Crippen LogP contribution in [0, 0.1) is 12.5 Å². The number of hydrazone groups is 1. The van der Waals surface area contributed by atoms with E-state index < -0.39 is 12.7 Å². The van der Waals surface area contributed by atoms with Crippen molar-refractivity contribution in [1.82, 2.24) is 5.01 Å². The topological polar surface area (TPSA) is 15.6 Å². The normalized spacial score (nSPS) is 23.7. The summed E-state index contributed by atoms with van der Waals surface area (Å²) in [6.07, 6.45) is -0.882. The summed E-state index contributed by atoms with van der Waals surface area (Å²) in [4.78, 5) is 0. The Kier molecular flexibility index (Phi) is 2.59. The molecular weight excluding hydrogens is 169 g/mol. The highest BCUT2D eigenvalue weighted by Crippen LogP contribution is 2.22. The molecule has 0 aromatic rings. The van der Waals surface area contributed by atoms with E-state index in [4.69, 9.17) is 0 Å². The first kappa shape index (κ1) is 9.35. The zero-order valence-electron chi connectivity index (χ0n) is 6.60. The first-order chi connectivity index (χ1) is 5.51. The van der Waals surface area contributed by atoms with Crippen LogP contribution in [-0.4, -0.2) is 23.9 Å². The van der Waals surface area contributed by atoms with E-state index in [9.17, 15) is 13.2 Å². The Labute approximate surface area is 69.0 Å². The summed E-state index contributed by atoms with van der Waals surface area (Å²) >= 11 is 0. The number of hydrogen-bond acceptors (Lipinski definition) is 2. The van der Waals surface area contributed by atoms with Crippen LogP contribution in [-0.2, 0) is 0 Å². The van der Waals surface area contributed by atoms with Crippen molar-refractivity contribution >= 4 is 6.21 Å². The fraction of sp³-hybridized carbons (Fsp3) is 0.714. The fourth-order valence-electron chi connectivity index (χ4n) is 0.891. The maximum atomic E-state index is 11.8. The lowest BCUT2D eigenvalue weighted by Gasteiger charge is -2.16. The van der Waals surface area contributed by atoms with Crippen LogP contribution in [0.25, 0.3) is 0 Å². The van der Waals surface area contributed by atoms with Crippen molar-refractivity contribution in [3.8, 4) is 0 Å². The van der Waals surface area contributed by atoms with E-state index >= 15 is 0 Å². The van der Waals surface area contributed by atoms with Gasteiger partial charge in [0.2, 0.25) is 0 Å². The predicted octanol–water partition coefficient (Wildman–Crippen LogP) is 1.92. The molecule has 0 spiro atoms. The van der Waals surface area contributed by atoms with Crippen LogP contribution in [0.2, 0.25) is 0 Å². The number of nitrogens with zero attached hydrogens (tertiary/aromatic N) is 2. The van der Waals surface area contributed by atoms with Gasteiger partial charge in [-0.15, -0.1) is 0 Å². The molecule has 1 unspecified atom stereocenters. The third kappa shape index (κ3) is 2.71. The van der Waals surface area contributed by atoms with Gasteiger partial charge in [-0.05, 0) is 6.42 Å². The highest BCUT2D eigenvalue weighted by molar-refractivity contribution is 5.64. The molecule has 12 heavy (non-hydrogen) atoms. The molecule has 0 saturated heterocycles. The van der Waals surface area contributed by atoms with Gasteiger partial charge in [0.25, 0.3) is 0 Å². The van der Waals surface area contributed by atoms with E-state index in [2.05, 4.69) is 11.3 Å². The van der Waals surface area contributed by atoms with E-state index in [1.165, 1.54) is 6.54 Å². The van der Waals surface area contributed by atoms with Gasteiger partial charge in [-0.25, -0.2) is 0 Å². The van der Waals surface area contributed by atoms with Crippen LogP contribution in [0.1, 0.15) is 13.3 Å². The maximum absolute atomic E-state index is 11.8. The van der Waals surface area contributed by atoms with E-state index in [1.54, 1.807) is 0 Å². The van der Waals surface area contributed by atoms with Gasteiger partial charge >= 0.3 is 6.18 Å². The van der Waals surface area contributed by atoms with Crippen LogP contribution in [0.3, 0.4) is 0 Å². The van der Waals surface area contributed by atoms with E-state index in [0.29, 0.717) is 0 Å². The molecule has 1 rings (SSSR count). The van der Waals surface area contributed by atoms with Crippen molar-refractivity contribution in [2.24, 2.45) is 11.0 Å². The molecule has 5 heteroatoms. The van der Waals surface area contributed by atoms with Gasteiger partial charge < -0.3 is 0 Å². The van der Waals surface area contributed by atoms with Gasteiger partial charge in [0.05, 0.1) is 12.8 Å². The summed E-state index contributed by atoms with van der Waals surface area (Å²) in [5.74, 6) is -0.0626. The molecule has 1 aliphatic heterocycles. The molecule has 0 amide bonds. The molecular formula is C7H9F3N2. The van der Waals surface area contributed by atoms with E-state index in [0.717, 1.165) is 11.4 Å². The van der Waals surface area contributed by atoms with Crippen molar-refractivity contribution in [3.63, 3.8) is 0 Å². The van der Waals surface area contributed by atoms with Crippen LogP contribution in [0.15, 0.2) is 5.10 Å². The molecule has 1 aliphatic rings. The molecule has 2 radical (unpaired) electrons. The van der Waals surface area contributed by atoms with Crippen LogP contribution in [0.5, 0.6) is 0 Å². The summed E-state index contributed by atoms with van der Waals surface area (Å²) in [7, 11) is 0. The largest absolute Gasteiger partial charge is 0.407 e. The quantitative estimate of drug-likeness (QED) is 0.630. The third-order valence-corrected chi connectivity index (χ3v) is 1.49. The van der Waals surface area contributed by atoms with Crippen molar-refractivity contribution < 1.29 is 13.2 Å². The molecule has 0 aromatic carbocycles. The summed E-state index contributed by atoms with van der Waals surface area (Å²) in [6, 6.07) is 0. The monoisotopic (exact) mass is 178 g/mol. The zero-order chi connectivity index (χ0) is 9.19. The maximum Gasteiger partial charge on any atom is 0.407 e. The molecule has 0 fully saturated rings. The summed E-state index contributed by atoms with van der Waals surface area (Å²) < 4.78 is 35.4. The van der Waals surface area contributed by atoms with Crippen molar-refractivity contribution in [2.45, 2.75) is 19.5 Å². The minimum atomic E-state index is -4.19. The molecule has 68 valence electrons. The first-order valence-corrected chi connectivity index (χ1v) is 3.66. The van der Waals surface area contributed by atoms with E-state index in [1.807, 2.05) is 6.92 Å². The SMILES string of the molecule is CCC1[C]=NN(CC(F)(F)F)[CH]1. The van der Waals surface area contributed by atoms with Gasteiger partial charge in [-0.3, -0.25) is 5.01 Å². The minimum absolute atomic E-state index is 0.0626. The number of hydrogen-bond donors (Lipinski definition) is 0. The molecule has 1 atom stereocenters. The summed E-state index contributed by atoms with van der Waals surface area (Å²) in [6.45, 7) is 2.30. The highest BCUT2D eigenvalue weighted by atomic mass is 19.4. The van der Waals surface area contributed by atoms with Crippen molar-refractivity contribution in [2.75, 3.05) is 6.54 Å². The van der Waals surface area contributed by atoms with Gasteiger partial charge in [-0.2, -0.15) is 18.3 Å². The lowest BCUT2D eigenvalue weighted by Crippen LogP contribution is -2.27. The van der Waals surface area contributed by atoms with Crippen LogP contribution >= 0.6 is 0 Å². The molecule has 1 heterocycles. The summed E-state index contributed by atoms with van der Waals surface area (Å²) in [5.41, 5.74) is 0.